The monoisotopic (exact) mass is 254 g/mol. The van der Waals surface area contributed by atoms with Crippen molar-refractivity contribution >= 4 is 17.3 Å². The third kappa shape index (κ3) is 3.93. The first kappa shape index (κ1) is 13.8. The molecule has 0 fully saturated rings. The molecule has 0 aliphatic heterocycles. The van der Waals surface area contributed by atoms with Gasteiger partial charge >= 0.3 is 5.97 Å². The summed E-state index contributed by atoms with van der Waals surface area (Å²) < 4.78 is 4.98. The molecule has 98 valence electrons. The molecule has 0 spiro atoms. The lowest BCUT2D eigenvalue weighted by Crippen LogP contribution is -2.06. The quantitative estimate of drug-likeness (QED) is 0.437. The van der Waals surface area contributed by atoms with Crippen molar-refractivity contribution in [3.05, 3.63) is 28.3 Å². The Bertz CT molecular complexity index is 447. The van der Waals surface area contributed by atoms with Gasteiger partial charge in [0.15, 0.2) is 0 Å². The fourth-order valence-corrected chi connectivity index (χ4v) is 1.41. The molecule has 0 saturated heterocycles. The van der Waals surface area contributed by atoms with Crippen LogP contribution in [-0.2, 0) is 4.79 Å². The molecule has 1 rings (SSSR count). The van der Waals surface area contributed by atoms with E-state index in [0.29, 0.717) is 24.4 Å². The van der Waals surface area contributed by atoms with Crippen LogP contribution in [0.4, 0.5) is 11.4 Å². The first-order valence-electron chi connectivity index (χ1n) is 5.32. The summed E-state index contributed by atoms with van der Waals surface area (Å²) >= 11 is 0. The van der Waals surface area contributed by atoms with E-state index >= 15 is 0 Å². The van der Waals surface area contributed by atoms with Crippen molar-refractivity contribution in [3.8, 4) is 5.75 Å². The zero-order chi connectivity index (χ0) is 13.5. The van der Waals surface area contributed by atoms with Crippen molar-refractivity contribution in [2.75, 3.05) is 19.0 Å². The number of methoxy groups -OCH3 is 1. The predicted molar refractivity (Wildman–Crippen MR) is 65.0 cm³/mol. The van der Waals surface area contributed by atoms with E-state index < -0.39 is 10.9 Å². The lowest BCUT2D eigenvalue weighted by Gasteiger charge is -2.08. The van der Waals surface area contributed by atoms with Crippen molar-refractivity contribution < 1.29 is 19.6 Å². The zero-order valence-corrected chi connectivity index (χ0v) is 9.88. The molecule has 0 saturated carbocycles. The highest BCUT2D eigenvalue weighted by Gasteiger charge is 2.14. The van der Waals surface area contributed by atoms with Crippen LogP contribution in [0.5, 0.6) is 5.75 Å². The highest BCUT2D eigenvalue weighted by atomic mass is 16.6. The first-order chi connectivity index (χ1) is 8.54. The second-order valence-electron chi connectivity index (χ2n) is 3.56. The van der Waals surface area contributed by atoms with Gasteiger partial charge in [0, 0.05) is 25.1 Å². The summed E-state index contributed by atoms with van der Waals surface area (Å²) in [7, 11) is 1.47. The SMILES string of the molecule is COc1ccc([N+](=O)[O-])c(NCCCC(=O)O)c1. The standard InChI is InChI=1S/C11H14N2O5/c1-18-8-4-5-10(13(16)17)9(7-8)12-6-2-3-11(14)15/h4-5,7,12H,2-3,6H2,1H3,(H,14,15). The zero-order valence-electron chi connectivity index (χ0n) is 9.88. The van der Waals surface area contributed by atoms with Crippen LogP contribution in [0.15, 0.2) is 18.2 Å². The highest BCUT2D eigenvalue weighted by Crippen LogP contribution is 2.28. The Labute approximate surface area is 104 Å². The maximum atomic E-state index is 10.8. The topological polar surface area (TPSA) is 102 Å². The van der Waals surface area contributed by atoms with Crippen LogP contribution in [0.3, 0.4) is 0 Å². The number of nitrogens with one attached hydrogen (secondary N) is 1. The largest absolute Gasteiger partial charge is 0.497 e. The van der Waals surface area contributed by atoms with Gasteiger partial charge in [0.05, 0.1) is 12.0 Å². The van der Waals surface area contributed by atoms with E-state index in [1.807, 2.05) is 0 Å². The van der Waals surface area contributed by atoms with Crippen molar-refractivity contribution in [3.63, 3.8) is 0 Å². The summed E-state index contributed by atoms with van der Waals surface area (Å²) in [6, 6.07) is 4.36. The molecule has 0 aliphatic carbocycles. The van der Waals surface area contributed by atoms with Crippen molar-refractivity contribution in [2.45, 2.75) is 12.8 Å². The Hall–Kier alpha value is -2.31. The molecule has 0 bridgehead atoms. The Morgan fingerprint density at radius 3 is 2.83 bits per heavy atom. The number of nitrogens with zero attached hydrogens (tertiary/aromatic N) is 1. The molecule has 0 aliphatic rings. The maximum Gasteiger partial charge on any atom is 0.303 e. The number of nitro benzene ring substituents is 1. The molecule has 0 aromatic heterocycles. The van der Waals surface area contributed by atoms with E-state index in [-0.39, 0.29) is 12.1 Å². The fraction of sp³-hybridized carbons (Fsp3) is 0.364. The van der Waals surface area contributed by atoms with Gasteiger partial charge in [-0.2, -0.15) is 0 Å². The van der Waals surface area contributed by atoms with Gasteiger partial charge in [0.1, 0.15) is 11.4 Å². The van der Waals surface area contributed by atoms with Crippen LogP contribution in [0.2, 0.25) is 0 Å². The summed E-state index contributed by atoms with van der Waals surface area (Å²) in [4.78, 5) is 20.6. The second-order valence-corrected chi connectivity index (χ2v) is 3.56. The minimum absolute atomic E-state index is 0.0186. The van der Waals surface area contributed by atoms with Crippen LogP contribution >= 0.6 is 0 Å². The lowest BCUT2D eigenvalue weighted by atomic mass is 10.2. The van der Waals surface area contributed by atoms with Gasteiger partial charge in [0.2, 0.25) is 0 Å². The molecule has 7 heteroatoms. The maximum absolute atomic E-state index is 10.8. The van der Waals surface area contributed by atoms with Crippen molar-refractivity contribution in [2.24, 2.45) is 0 Å². The fourth-order valence-electron chi connectivity index (χ4n) is 1.41. The highest BCUT2D eigenvalue weighted by molar-refractivity contribution is 5.67. The van der Waals surface area contributed by atoms with Gasteiger partial charge in [-0.15, -0.1) is 0 Å². The Kier molecular flexibility index (Phi) is 4.91. The van der Waals surface area contributed by atoms with E-state index in [9.17, 15) is 14.9 Å². The molecule has 7 nitrogen and oxygen atoms in total. The Morgan fingerprint density at radius 2 is 2.28 bits per heavy atom. The van der Waals surface area contributed by atoms with E-state index in [4.69, 9.17) is 9.84 Å². The number of benzene rings is 1. The number of carboxylic acid groups (broad SMARTS) is 1. The van der Waals surface area contributed by atoms with Crippen molar-refractivity contribution in [1.29, 1.82) is 0 Å². The number of aliphatic carboxylic acids is 1. The Morgan fingerprint density at radius 1 is 1.56 bits per heavy atom. The number of rotatable bonds is 7. The normalized spacial score (nSPS) is 9.83. The van der Waals surface area contributed by atoms with Gasteiger partial charge < -0.3 is 15.2 Å². The van der Waals surface area contributed by atoms with Crippen LogP contribution in [0.25, 0.3) is 0 Å². The van der Waals surface area contributed by atoms with Crippen LogP contribution in [0, 0.1) is 10.1 Å². The summed E-state index contributed by atoms with van der Waals surface area (Å²) in [5.41, 5.74) is 0.260. The van der Waals surface area contributed by atoms with Crippen LogP contribution < -0.4 is 10.1 Å². The minimum Gasteiger partial charge on any atom is -0.497 e. The van der Waals surface area contributed by atoms with Gasteiger partial charge in [-0.3, -0.25) is 14.9 Å². The predicted octanol–water partition coefficient (Wildman–Crippen LogP) is 1.88. The van der Waals surface area contributed by atoms with E-state index in [2.05, 4.69) is 5.32 Å². The first-order valence-corrected chi connectivity index (χ1v) is 5.32. The van der Waals surface area contributed by atoms with Gasteiger partial charge in [-0.1, -0.05) is 0 Å². The number of carboxylic acids is 1. The number of nitro groups is 1. The van der Waals surface area contributed by atoms with E-state index in [1.165, 1.54) is 25.3 Å². The van der Waals surface area contributed by atoms with Gasteiger partial charge in [0.25, 0.3) is 5.69 Å². The molecular weight excluding hydrogens is 240 g/mol. The van der Waals surface area contributed by atoms with Crippen LogP contribution in [-0.4, -0.2) is 29.7 Å². The smallest absolute Gasteiger partial charge is 0.303 e. The molecule has 0 heterocycles. The Balaban J connectivity index is 2.71. The summed E-state index contributed by atoms with van der Waals surface area (Å²) in [6.07, 6.45) is 0.411. The average Bonchev–Trinajstić information content (AvgIpc) is 2.33. The second kappa shape index (κ2) is 6.43. The average molecular weight is 254 g/mol. The number of ether oxygens (including phenoxy) is 1. The number of hydrogen-bond donors (Lipinski definition) is 2. The molecule has 18 heavy (non-hydrogen) atoms. The number of carbonyl (C=O) groups is 1. The minimum atomic E-state index is -0.892. The molecule has 0 unspecified atom stereocenters. The van der Waals surface area contributed by atoms with Crippen molar-refractivity contribution in [1.82, 2.24) is 0 Å². The summed E-state index contributed by atoms with van der Waals surface area (Å²) in [6.45, 7) is 0.348. The molecule has 0 radical (unpaired) electrons. The molecular formula is C11H14N2O5. The number of anilines is 1. The van der Waals surface area contributed by atoms with Crippen LogP contribution in [0.1, 0.15) is 12.8 Å². The summed E-state index contributed by atoms with van der Waals surface area (Å²) in [5, 5.41) is 22.1. The van der Waals surface area contributed by atoms with E-state index in [1.54, 1.807) is 0 Å². The lowest BCUT2D eigenvalue weighted by molar-refractivity contribution is -0.384. The van der Waals surface area contributed by atoms with E-state index in [0.717, 1.165) is 0 Å². The third-order valence-electron chi connectivity index (χ3n) is 2.28. The molecule has 1 aromatic carbocycles. The van der Waals surface area contributed by atoms with Gasteiger partial charge in [-0.05, 0) is 12.5 Å². The molecule has 0 atom stereocenters. The third-order valence-corrected chi connectivity index (χ3v) is 2.28. The molecule has 0 amide bonds. The van der Waals surface area contributed by atoms with Gasteiger partial charge in [-0.25, -0.2) is 0 Å². The molecule has 2 N–H and O–H groups in total. The number of hydrogen-bond acceptors (Lipinski definition) is 5. The molecule has 1 aromatic rings. The summed E-state index contributed by atoms with van der Waals surface area (Å²) in [5.74, 6) is -0.390.